The zero-order valence-corrected chi connectivity index (χ0v) is 17.0. The summed E-state index contributed by atoms with van der Waals surface area (Å²) >= 11 is 5.92. The summed E-state index contributed by atoms with van der Waals surface area (Å²) in [5.41, 5.74) is 0.595. The van der Waals surface area contributed by atoms with Crippen molar-refractivity contribution in [1.82, 2.24) is 14.9 Å². The van der Waals surface area contributed by atoms with Crippen molar-refractivity contribution in [2.45, 2.75) is 11.4 Å². The summed E-state index contributed by atoms with van der Waals surface area (Å²) < 4.78 is 42.2. The van der Waals surface area contributed by atoms with Gasteiger partial charge in [0.1, 0.15) is 5.75 Å². The Hall–Kier alpha value is -2.95. The predicted octanol–water partition coefficient (Wildman–Crippen LogP) is 2.66. The third-order valence-corrected chi connectivity index (χ3v) is 5.59. The lowest BCUT2D eigenvalue weighted by atomic mass is 10.2. The molecule has 0 bridgehead atoms. The summed E-state index contributed by atoms with van der Waals surface area (Å²) in [6, 6.07) is 10.7. The van der Waals surface area contributed by atoms with Crippen LogP contribution < -0.4 is 9.46 Å². The highest BCUT2D eigenvalue weighted by Crippen LogP contribution is 2.23. The molecule has 0 atom stereocenters. The average molecular weight is 438 g/mol. The van der Waals surface area contributed by atoms with Gasteiger partial charge in [-0.15, -0.1) is 0 Å². The van der Waals surface area contributed by atoms with Crippen molar-refractivity contribution in [1.29, 1.82) is 0 Å². The summed E-state index contributed by atoms with van der Waals surface area (Å²) in [4.78, 5) is 15.7. The number of halogens is 1. The SMILES string of the molecule is COC(=O)c1cc(S(=O)(=O)NCc2nc(-c3cccc(OC)c3)no2)ccc1Cl. The Morgan fingerprint density at radius 2 is 2.00 bits per heavy atom. The van der Waals surface area contributed by atoms with E-state index in [0.717, 1.165) is 6.07 Å². The van der Waals surface area contributed by atoms with Crippen LogP contribution in [0.2, 0.25) is 5.02 Å². The molecule has 0 aliphatic carbocycles. The second-order valence-corrected chi connectivity index (χ2v) is 7.88. The minimum Gasteiger partial charge on any atom is -0.497 e. The van der Waals surface area contributed by atoms with Crippen LogP contribution in [0, 0.1) is 0 Å². The van der Waals surface area contributed by atoms with Gasteiger partial charge in [-0.2, -0.15) is 4.98 Å². The van der Waals surface area contributed by atoms with Crippen LogP contribution in [0.25, 0.3) is 11.4 Å². The summed E-state index contributed by atoms with van der Waals surface area (Å²) in [6.45, 7) is -0.241. The van der Waals surface area contributed by atoms with E-state index < -0.39 is 16.0 Å². The van der Waals surface area contributed by atoms with E-state index >= 15 is 0 Å². The number of hydrogen-bond acceptors (Lipinski definition) is 8. The van der Waals surface area contributed by atoms with Gasteiger partial charge >= 0.3 is 5.97 Å². The van der Waals surface area contributed by atoms with Crippen molar-refractivity contribution in [2.75, 3.05) is 14.2 Å². The molecule has 0 aliphatic heterocycles. The Balaban J connectivity index is 1.76. The third-order valence-electron chi connectivity index (χ3n) is 3.86. The molecule has 1 heterocycles. The first-order valence-corrected chi connectivity index (χ1v) is 10.0. The highest BCUT2D eigenvalue weighted by Gasteiger charge is 2.20. The third kappa shape index (κ3) is 4.73. The molecule has 0 unspecified atom stereocenters. The zero-order chi connectivity index (χ0) is 21.0. The number of carbonyl (C=O) groups is 1. The van der Waals surface area contributed by atoms with Crippen molar-refractivity contribution in [3.63, 3.8) is 0 Å². The molecule has 0 amide bonds. The molecule has 0 saturated heterocycles. The fourth-order valence-corrected chi connectivity index (χ4v) is 3.58. The topological polar surface area (TPSA) is 121 Å². The molecule has 9 nitrogen and oxygen atoms in total. The number of ether oxygens (including phenoxy) is 2. The predicted molar refractivity (Wildman–Crippen MR) is 103 cm³/mol. The lowest BCUT2D eigenvalue weighted by Crippen LogP contribution is -2.23. The van der Waals surface area contributed by atoms with E-state index in [1.165, 1.54) is 26.4 Å². The molecule has 0 fully saturated rings. The van der Waals surface area contributed by atoms with Gasteiger partial charge < -0.3 is 14.0 Å². The van der Waals surface area contributed by atoms with Gasteiger partial charge in [0.05, 0.1) is 36.2 Å². The van der Waals surface area contributed by atoms with E-state index in [2.05, 4.69) is 19.6 Å². The maximum absolute atomic E-state index is 12.5. The fourth-order valence-electron chi connectivity index (χ4n) is 2.38. The second-order valence-electron chi connectivity index (χ2n) is 5.70. The maximum Gasteiger partial charge on any atom is 0.339 e. The van der Waals surface area contributed by atoms with E-state index in [0.29, 0.717) is 11.3 Å². The first-order valence-electron chi connectivity index (χ1n) is 8.18. The van der Waals surface area contributed by atoms with Crippen molar-refractivity contribution in [3.8, 4) is 17.1 Å². The number of nitrogens with zero attached hydrogens (tertiary/aromatic N) is 2. The molecule has 0 aliphatic rings. The molecule has 152 valence electrons. The average Bonchev–Trinajstić information content (AvgIpc) is 3.21. The van der Waals surface area contributed by atoms with Crippen molar-refractivity contribution in [3.05, 3.63) is 58.9 Å². The number of nitrogens with one attached hydrogen (secondary N) is 1. The van der Waals surface area contributed by atoms with Crippen LogP contribution in [0.3, 0.4) is 0 Å². The summed E-state index contributed by atoms with van der Waals surface area (Å²) in [5.74, 6) is 0.233. The van der Waals surface area contributed by atoms with Gasteiger partial charge in [-0.3, -0.25) is 0 Å². The van der Waals surface area contributed by atoms with Gasteiger partial charge in [0.25, 0.3) is 0 Å². The Morgan fingerprint density at radius 1 is 1.21 bits per heavy atom. The molecule has 11 heteroatoms. The summed E-state index contributed by atoms with van der Waals surface area (Å²) in [6.07, 6.45) is 0. The number of methoxy groups -OCH3 is 2. The molecule has 3 aromatic rings. The Bertz CT molecular complexity index is 1150. The van der Waals surface area contributed by atoms with Crippen molar-refractivity contribution < 1.29 is 27.2 Å². The Morgan fingerprint density at radius 3 is 2.72 bits per heavy atom. The first-order chi connectivity index (χ1) is 13.8. The van der Waals surface area contributed by atoms with Gasteiger partial charge in [-0.05, 0) is 30.3 Å². The van der Waals surface area contributed by atoms with Crippen LogP contribution in [-0.2, 0) is 21.3 Å². The highest BCUT2D eigenvalue weighted by molar-refractivity contribution is 7.89. The van der Waals surface area contributed by atoms with E-state index in [9.17, 15) is 13.2 Å². The van der Waals surface area contributed by atoms with Crippen LogP contribution in [0.5, 0.6) is 5.75 Å². The maximum atomic E-state index is 12.5. The van der Waals surface area contributed by atoms with Crippen molar-refractivity contribution in [2.24, 2.45) is 0 Å². The lowest BCUT2D eigenvalue weighted by Gasteiger charge is -2.07. The number of sulfonamides is 1. The number of benzene rings is 2. The van der Waals surface area contributed by atoms with Gasteiger partial charge in [-0.25, -0.2) is 17.9 Å². The van der Waals surface area contributed by atoms with Crippen LogP contribution in [-0.4, -0.2) is 38.7 Å². The number of aromatic nitrogens is 2. The smallest absolute Gasteiger partial charge is 0.339 e. The molecule has 1 aromatic heterocycles. The molecule has 2 aromatic carbocycles. The number of rotatable bonds is 7. The lowest BCUT2D eigenvalue weighted by molar-refractivity contribution is 0.0600. The van der Waals surface area contributed by atoms with Crippen LogP contribution in [0.1, 0.15) is 16.2 Å². The number of hydrogen-bond donors (Lipinski definition) is 1. The summed E-state index contributed by atoms with van der Waals surface area (Å²) in [5, 5.41) is 3.92. The minimum atomic E-state index is -3.97. The van der Waals surface area contributed by atoms with Crippen LogP contribution >= 0.6 is 11.6 Å². The normalized spacial score (nSPS) is 11.3. The van der Waals surface area contributed by atoms with Crippen molar-refractivity contribution >= 4 is 27.6 Å². The monoisotopic (exact) mass is 437 g/mol. The number of carbonyl (C=O) groups excluding carboxylic acids is 1. The second kappa shape index (κ2) is 8.60. The van der Waals surface area contributed by atoms with Gasteiger partial charge in [0, 0.05) is 5.56 Å². The van der Waals surface area contributed by atoms with E-state index in [1.807, 2.05) is 0 Å². The first kappa shape index (κ1) is 20.8. The van der Waals surface area contributed by atoms with E-state index in [1.54, 1.807) is 24.3 Å². The molecule has 0 radical (unpaired) electrons. The van der Waals surface area contributed by atoms with E-state index in [4.69, 9.17) is 20.9 Å². The summed E-state index contributed by atoms with van der Waals surface area (Å²) in [7, 11) is -1.26. The molecular formula is C18H16ClN3O6S. The van der Waals surface area contributed by atoms with Crippen LogP contribution in [0.4, 0.5) is 0 Å². The minimum absolute atomic E-state index is 0.0601. The molecular weight excluding hydrogens is 422 g/mol. The number of esters is 1. The molecule has 0 saturated carbocycles. The molecule has 3 rings (SSSR count). The molecule has 1 N–H and O–H groups in total. The zero-order valence-electron chi connectivity index (χ0n) is 15.4. The van der Waals surface area contributed by atoms with Gasteiger partial charge in [0.15, 0.2) is 0 Å². The quantitative estimate of drug-likeness (QED) is 0.560. The van der Waals surface area contributed by atoms with Gasteiger partial charge in [-0.1, -0.05) is 28.9 Å². The fraction of sp³-hybridized carbons (Fsp3) is 0.167. The van der Waals surface area contributed by atoms with E-state index in [-0.39, 0.29) is 33.7 Å². The Kier molecular flexibility index (Phi) is 6.16. The van der Waals surface area contributed by atoms with Gasteiger partial charge in [0.2, 0.25) is 21.7 Å². The highest BCUT2D eigenvalue weighted by atomic mass is 35.5. The largest absolute Gasteiger partial charge is 0.497 e. The molecule has 29 heavy (non-hydrogen) atoms. The standard InChI is InChI=1S/C18H16ClN3O6S/c1-26-12-5-3-4-11(8-12)17-21-16(28-22-17)10-20-29(24,25)13-6-7-15(19)14(9-13)18(23)27-2/h3-9,20H,10H2,1-2H3. The molecule has 0 spiro atoms. The Labute approximate surface area is 171 Å². The van der Waals surface area contributed by atoms with Crippen LogP contribution in [0.15, 0.2) is 51.9 Å².